The number of hydrogen-bond donors (Lipinski definition) is 1. The van der Waals surface area contributed by atoms with Crippen LogP contribution in [0.3, 0.4) is 0 Å². The molecule has 0 aliphatic heterocycles. The molecule has 0 saturated carbocycles. The molecular weight excluding hydrogens is 357 g/mol. The lowest BCUT2D eigenvalue weighted by Gasteiger charge is -2.19. The lowest BCUT2D eigenvalue weighted by Crippen LogP contribution is -2.32. The van der Waals surface area contributed by atoms with E-state index in [0.717, 1.165) is 22.4 Å². The average Bonchev–Trinajstić information content (AvgIpc) is 3.09. The van der Waals surface area contributed by atoms with Crippen LogP contribution < -0.4 is 10.1 Å². The lowest BCUT2D eigenvalue weighted by molar-refractivity contribution is -0.122. The van der Waals surface area contributed by atoms with Crippen molar-refractivity contribution in [3.8, 4) is 5.75 Å². The molecule has 1 atom stereocenters. The van der Waals surface area contributed by atoms with Gasteiger partial charge in [0.25, 0.3) is 0 Å². The highest BCUT2D eigenvalue weighted by Gasteiger charge is 2.21. The van der Waals surface area contributed by atoms with Crippen molar-refractivity contribution in [1.82, 2.24) is 14.9 Å². The molecule has 1 unspecified atom stereocenters. The monoisotopic (exact) mass is 381 g/mol. The minimum Gasteiger partial charge on any atom is -0.493 e. The third-order valence-corrected chi connectivity index (χ3v) is 4.61. The molecule has 1 amide bonds. The van der Waals surface area contributed by atoms with Crippen LogP contribution in [0.5, 0.6) is 5.75 Å². The maximum Gasteiger partial charge on any atom is 0.224 e. The van der Waals surface area contributed by atoms with Crippen molar-refractivity contribution in [1.29, 1.82) is 0 Å². The van der Waals surface area contributed by atoms with Gasteiger partial charge in [0, 0.05) is 19.4 Å². The Bertz CT molecular complexity index is 930. The first-order valence-corrected chi connectivity index (χ1v) is 9.17. The zero-order valence-corrected chi connectivity index (χ0v) is 16.3. The maximum atomic E-state index is 13.3. The summed E-state index contributed by atoms with van der Waals surface area (Å²) in [5.41, 5.74) is 2.84. The van der Waals surface area contributed by atoms with Crippen LogP contribution in [0.25, 0.3) is 0 Å². The summed E-state index contributed by atoms with van der Waals surface area (Å²) >= 11 is 0. The number of nitrogens with zero attached hydrogens (tertiary/aromatic N) is 2. The van der Waals surface area contributed by atoms with E-state index in [4.69, 9.17) is 4.74 Å². The van der Waals surface area contributed by atoms with Gasteiger partial charge in [-0.2, -0.15) is 0 Å². The minimum atomic E-state index is -0.465. The minimum absolute atomic E-state index is 0.163. The van der Waals surface area contributed by atoms with Crippen LogP contribution >= 0.6 is 0 Å². The number of rotatable bonds is 7. The summed E-state index contributed by atoms with van der Waals surface area (Å²) in [6, 6.07) is 11.5. The van der Waals surface area contributed by atoms with Gasteiger partial charge in [0.2, 0.25) is 5.91 Å². The molecule has 1 heterocycles. The van der Waals surface area contributed by atoms with Crippen molar-refractivity contribution < 1.29 is 13.9 Å². The fraction of sp³-hybridized carbons (Fsp3) is 0.273. The molecular formula is C22H24FN3O2. The maximum absolute atomic E-state index is 13.3. The lowest BCUT2D eigenvalue weighted by atomic mass is 10.1. The molecule has 3 rings (SSSR count). The van der Waals surface area contributed by atoms with Gasteiger partial charge in [-0.3, -0.25) is 4.79 Å². The van der Waals surface area contributed by atoms with Gasteiger partial charge < -0.3 is 14.6 Å². The van der Waals surface area contributed by atoms with Gasteiger partial charge in [0.1, 0.15) is 23.4 Å². The Balaban J connectivity index is 1.68. The smallest absolute Gasteiger partial charge is 0.224 e. The summed E-state index contributed by atoms with van der Waals surface area (Å²) in [4.78, 5) is 16.9. The van der Waals surface area contributed by atoms with Crippen molar-refractivity contribution in [3.63, 3.8) is 0 Å². The van der Waals surface area contributed by atoms with Gasteiger partial charge in [-0.1, -0.05) is 30.3 Å². The normalized spacial score (nSPS) is 11.9. The predicted octanol–water partition coefficient (Wildman–Crippen LogP) is 3.85. The first-order valence-electron chi connectivity index (χ1n) is 9.17. The summed E-state index contributed by atoms with van der Waals surface area (Å²) in [6.07, 6.45) is 3.68. The zero-order valence-electron chi connectivity index (χ0n) is 16.3. The zero-order chi connectivity index (χ0) is 20.1. The van der Waals surface area contributed by atoms with Crippen molar-refractivity contribution in [2.75, 3.05) is 6.61 Å². The third kappa shape index (κ3) is 4.57. The average molecular weight is 381 g/mol. The molecule has 0 fully saturated rings. The van der Waals surface area contributed by atoms with E-state index in [9.17, 15) is 9.18 Å². The number of imidazole rings is 1. The molecule has 2 aromatic carbocycles. The highest BCUT2D eigenvalue weighted by atomic mass is 19.1. The number of carbonyl (C=O) groups excluding carboxylic acids is 1. The summed E-state index contributed by atoms with van der Waals surface area (Å²) in [7, 11) is 1.86. The number of para-hydroxylation sites is 1. The topological polar surface area (TPSA) is 56.1 Å². The Kier molecular flexibility index (Phi) is 6.09. The number of aryl methyl sites for hydroxylation is 3. The number of nitrogens with one attached hydrogen (secondary N) is 1. The molecule has 6 heteroatoms. The number of hydrogen-bond acceptors (Lipinski definition) is 3. The number of aromatic nitrogens is 2. The highest BCUT2D eigenvalue weighted by molar-refractivity contribution is 5.77. The third-order valence-electron chi connectivity index (χ3n) is 4.61. The Labute approximate surface area is 164 Å². The summed E-state index contributed by atoms with van der Waals surface area (Å²) in [5, 5.41) is 2.99. The standard InChI is InChI=1S/C22H24FN3O2/c1-15-5-4-6-16(2)21(15)28-14-11-19(27)25-20(22-24-12-13-26(22)3)17-7-9-18(23)10-8-17/h4-10,12-13,20H,11,14H2,1-3H3,(H,25,27). The van der Waals surface area contributed by atoms with E-state index in [1.54, 1.807) is 18.3 Å². The highest BCUT2D eigenvalue weighted by Crippen LogP contribution is 2.23. The number of carbonyl (C=O) groups is 1. The van der Waals surface area contributed by atoms with Crippen LogP contribution in [0.4, 0.5) is 4.39 Å². The molecule has 28 heavy (non-hydrogen) atoms. The molecule has 0 saturated heterocycles. The van der Waals surface area contributed by atoms with Crippen molar-refractivity contribution in [3.05, 3.63) is 83.2 Å². The fourth-order valence-corrected chi connectivity index (χ4v) is 3.11. The first-order chi connectivity index (χ1) is 13.5. The van der Waals surface area contributed by atoms with E-state index in [-0.39, 0.29) is 24.8 Å². The summed E-state index contributed by atoms with van der Waals surface area (Å²) in [5.74, 6) is 1.00. The van der Waals surface area contributed by atoms with E-state index in [1.165, 1.54) is 12.1 Å². The molecule has 0 radical (unpaired) electrons. The van der Waals surface area contributed by atoms with Crippen molar-refractivity contribution in [2.24, 2.45) is 7.05 Å². The SMILES string of the molecule is Cc1cccc(C)c1OCCC(=O)NC(c1ccc(F)cc1)c1nccn1C. The van der Waals surface area contributed by atoms with Gasteiger partial charge in [-0.25, -0.2) is 9.37 Å². The Morgan fingerprint density at radius 3 is 2.46 bits per heavy atom. The van der Waals surface area contributed by atoms with E-state index < -0.39 is 6.04 Å². The predicted molar refractivity (Wildman–Crippen MR) is 106 cm³/mol. The summed E-state index contributed by atoms with van der Waals surface area (Å²) < 4.78 is 21.0. The van der Waals surface area contributed by atoms with Crippen LogP contribution in [-0.2, 0) is 11.8 Å². The van der Waals surface area contributed by atoms with E-state index >= 15 is 0 Å². The van der Waals surface area contributed by atoms with Crippen molar-refractivity contribution in [2.45, 2.75) is 26.3 Å². The number of ether oxygens (including phenoxy) is 1. The molecule has 146 valence electrons. The second kappa shape index (κ2) is 8.69. The molecule has 0 spiro atoms. The van der Waals surface area contributed by atoms with Gasteiger partial charge >= 0.3 is 0 Å². The Morgan fingerprint density at radius 1 is 1.18 bits per heavy atom. The molecule has 0 bridgehead atoms. The number of halogens is 1. The Hall–Kier alpha value is -3.15. The molecule has 3 aromatic rings. The molecule has 1 aromatic heterocycles. The van der Waals surface area contributed by atoms with Gasteiger partial charge in [0.05, 0.1) is 13.0 Å². The Morgan fingerprint density at radius 2 is 1.86 bits per heavy atom. The molecule has 5 nitrogen and oxygen atoms in total. The quantitative estimate of drug-likeness (QED) is 0.676. The molecule has 0 aliphatic rings. The van der Waals surface area contributed by atoms with Crippen molar-refractivity contribution >= 4 is 5.91 Å². The van der Waals surface area contributed by atoms with E-state index in [1.807, 2.05) is 49.9 Å². The number of amides is 1. The fourth-order valence-electron chi connectivity index (χ4n) is 3.11. The molecule has 0 aliphatic carbocycles. The van der Waals surface area contributed by atoms with Gasteiger partial charge in [-0.05, 0) is 42.7 Å². The second-order valence-corrected chi connectivity index (χ2v) is 6.77. The molecule has 1 N–H and O–H groups in total. The summed E-state index contributed by atoms with van der Waals surface area (Å²) in [6.45, 7) is 4.23. The largest absolute Gasteiger partial charge is 0.493 e. The number of benzene rings is 2. The van der Waals surface area contributed by atoms with Crippen LogP contribution in [0.2, 0.25) is 0 Å². The van der Waals surface area contributed by atoms with E-state index in [0.29, 0.717) is 5.82 Å². The second-order valence-electron chi connectivity index (χ2n) is 6.77. The first kappa shape index (κ1) is 19.6. The van der Waals surface area contributed by atoms with Gasteiger partial charge in [-0.15, -0.1) is 0 Å². The van der Waals surface area contributed by atoms with Crippen LogP contribution in [0.15, 0.2) is 54.9 Å². The van der Waals surface area contributed by atoms with E-state index in [2.05, 4.69) is 10.3 Å². The van der Waals surface area contributed by atoms with Crippen LogP contribution in [0, 0.1) is 19.7 Å². The van der Waals surface area contributed by atoms with Gasteiger partial charge in [0.15, 0.2) is 0 Å². The van der Waals surface area contributed by atoms with Crippen LogP contribution in [0.1, 0.15) is 35.0 Å². The van der Waals surface area contributed by atoms with Crippen LogP contribution in [-0.4, -0.2) is 22.1 Å².